The molecule has 94 valence electrons. The summed E-state index contributed by atoms with van der Waals surface area (Å²) in [6.07, 6.45) is 3.00. The van der Waals surface area contributed by atoms with Crippen molar-refractivity contribution in [2.75, 3.05) is 7.11 Å². The fourth-order valence-corrected chi connectivity index (χ4v) is 2.26. The summed E-state index contributed by atoms with van der Waals surface area (Å²) in [5.74, 6) is 0.767. The van der Waals surface area contributed by atoms with Gasteiger partial charge in [0.2, 0.25) is 0 Å². The molecule has 2 rings (SSSR count). The summed E-state index contributed by atoms with van der Waals surface area (Å²) in [5, 5.41) is 10.1. The molecule has 0 radical (unpaired) electrons. The summed E-state index contributed by atoms with van der Waals surface area (Å²) in [7, 11) is 1.61. The minimum atomic E-state index is -0.984. The van der Waals surface area contributed by atoms with Crippen LogP contribution in [-0.4, -0.2) is 22.9 Å². The Balaban J connectivity index is 2.84. The van der Waals surface area contributed by atoms with E-state index >= 15 is 0 Å². The number of methoxy groups -OCH3 is 1. The predicted octanol–water partition coefficient (Wildman–Crippen LogP) is 3.21. The summed E-state index contributed by atoms with van der Waals surface area (Å²) in [6.45, 7) is 5.60. The van der Waals surface area contributed by atoms with Gasteiger partial charge < -0.3 is 9.84 Å². The van der Waals surface area contributed by atoms with Gasteiger partial charge in [-0.1, -0.05) is 6.08 Å². The number of rotatable bonds is 3. The van der Waals surface area contributed by atoms with Crippen LogP contribution in [-0.2, 0) is 6.42 Å². The summed E-state index contributed by atoms with van der Waals surface area (Å²) >= 11 is 0. The van der Waals surface area contributed by atoms with Crippen molar-refractivity contribution in [1.29, 1.82) is 0 Å². The van der Waals surface area contributed by atoms with Crippen LogP contribution >= 0.6 is 0 Å². The summed E-state index contributed by atoms with van der Waals surface area (Å²) in [4.78, 5) is 11.2. The molecule has 1 aromatic carbocycles. The van der Waals surface area contributed by atoms with Crippen LogP contribution in [0.5, 0.6) is 5.75 Å². The maximum Gasteiger partial charge on any atom is 0.416 e. The molecule has 0 amide bonds. The first kappa shape index (κ1) is 12.2. The molecule has 0 aliphatic carbocycles. The van der Waals surface area contributed by atoms with Crippen molar-refractivity contribution in [2.45, 2.75) is 13.3 Å². The average Bonchev–Trinajstić information content (AvgIpc) is 2.77. The molecule has 1 heterocycles. The topological polar surface area (TPSA) is 51.5 Å². The number of benzene rings is 1. The van der Waals surface area contributed by atoms with Crippen molar-refractivity contribution < 1.29 is 14.6 Å². The van der Waals surface area contributed by atoms with Crippen LogP contribution in [0.15, 0.2) is 31.0 Å². The third kappa shape index (κ3) is 1.76. The van der Waals surface area contributed by atoms with Crippen LogP contribution in [0.2, 0.25) is 0 Å². The van der Waals surface area contributed by atoms with Crippen molar-refractivity contribution in [1.82, 2.24) is 4.57 Å². The maximum atomic E-state index is 11.2. The van der Waals surface area contributed by atoms with E-state index in [1.165, 1.54) is 4.57 Å². The quantitative estimate of drug-likeness (QED) is 0.845. The van der Waals surface area contributed by atoms with Gasteiger partial charge in [-0.2, -0.15) is 0 Å². The Hall–Kier alpha value is -2.23. The second-order valence-electron chi connectivity index (χ2n) is 4.10. The number of ether oxygens (including phenoxy) is 1. The molecular formula is C14H15NO3. The second-order valence-corrected chi connectivity index (χ2v) is 4.10. The highest BCUT2D eigenvalue weighted by molar-refractivity contribution is 5.94. The van der Waals surface area contributed by atoms with E-state index in [9.17, 15) is 4.79 Å². The fourth-order valence-electron chi connectivity index (χ4n) is 2.26. The van der Waals surface area contributed by atoms with E-state index in [-0.39, 0.29) is 0 Å². The second kappa shape index (κ2) is 4.56. The third-order valence-corrected chi connectivity index (χ3v) is 3.00. The van der Waals surface area contributed by atoms with E-state index in [2.05, 4.69) is 6.58 Å². The van der Waals surface area contributed by atoms with Crippen molar-refractivity contribution >= 4 is 17.0 Å². The molecule has 2 aromatic rings. The zero-order chi connectivity index (χ0) is 13.3. The summed E-state index contributed by atoms with van der Waals surface area (Å²) < 4.78 is 6.58. The Morgan fingerprint density at radius 1 is 1.61 bits per heavy atom. The highest BCUT2D eigenvalue weighted by atomic mass is 16.5. The molecule has 18 heavy (non-hydrogen) atoms. The number of carbonyl (C=O) groups is 1. The molecule has 0 saturated heterocycles. The van der Waals surface area contributed by atoms with E-state index in [0.29, 0.717) is 11.9 Å². The van der Waals surface area contributed by atoms with Gasteiger partial charge in [0.15, 0.2) is 0 Å². The molecule has 0 spiro atoms. The highest BCUT2D eigenvalue weighted by Crippen LogP contribution is 2.32. The molecule has 0 aliphatic heterocycles. The van der Waals surface area contributed by atoms with Gasteiger partial charge in [0.1, 0.15) is 5.75 Å². The number of allylic oxidation sites excluding steroid dienone is 1. The number of hydrogen-bond donors (Lipinski definition) is 1. The van der Waals surface area contributed by atoms with Gasteiger partial charge in [0.05, 0.1) is 12.6 Å². The lowest BCUT2D eigenvalue weighted by Gasteiger charge is -2.11. The van der Waals surface area contributed by atoms with E-state index in [1.807, 2.05) is 13.0 Å². The van der Waals surface area contributed by atoms with Gasteiger partial charge in [-0.05, 0) is 31.0 Å². The SMILES string of the molecule is C=CCc1c(OC)cc(C)c2c1ccn2C(=O)O. The molecule has 1 N–H and O–H groups in total. The summed E-state index contributed by atoms with van der Waals surface area (Å²) in [5.41, 5.74) is 2.55. The summed E-state index contributed by atoms with van der Waals surface area (Å²) in [6, 6.07) is 3.67. The lowest BCUT2D eigenvalue weighted by Crippen LogP contribution is -2.07. The fraction of sp³-hybridized carbons (Fsp3) is 0.214. The van der Waals surface area contributed by atoms with Crippen molar-refractivity contribution in [3.8, 4) is 5.75 Å². The van der Waals surface area contributed by atoms with E-state index in [1.54, 1.807) is 25.4 Å². The third-order valence-electron chi connectivity index (χ3n) is 3.00. The predicted molar refractivity (Wildman–Crippen MR) is 70.6 cm³/mol. The molecular weight excluding hydrogens is 230 g/mol. The van der Waals surface area contributed by atoms with Crippen molar-refractivity contribution in [2.24, 2.45) is 0 Å². The van der Waals surface area contributed by atoms with E-state index < -0.39 is 6.09 Å². The Labute approximate surface area is 105 Å². The molecule has 4 heteroatoms. The molecule has 0 atom stereocenters. The van der Waals surface area contributed by atoms with Crippen LogP contribution in [0.3, 0.4) is 0 Å². The normalized spacial score (nSPS) is 10.6. The molecule has 1 aromatic heterocycles. The van der Waals surface area contributed by atoms with Gasteiger partial charge in [-0.3, -0.25) is 4.57 Å². The monoisotopic (exact) mass is 245 g/mol. The van der Waals surface area contributed by atoms with E-state index in [0.717, 1.165) is 22.3 Å². The first-order chi connectivity index (χ1) is 8.60. The zero-order valence-electron chi connectivity index (χ0n) is 10.4. The molecule has 0 aliphatic rings. The van der Waals surface area contributed by atoms with Gasteiger partial charge in [0.25, 0.3) is 0 Å². The maximum absolute atomic E-state index is 11.2. The van der Waals surface area contributed by atoms with Gasteiger partial charge in [0, 0.05) is 17.1 Å². The standard InChI is InChI=1S/C14H15NO3/c1-4-5-10-11-6-7-15(14(16)17)13(11)9(2)8-12(10)18-3/h4,6-8H,1,5H2,2-3H3,(H,16,17). The van der Waals surface area contributed by atoms with Crippen LogP contribution < -0.4 is 4.74 Å². The van der Waals surface area contributed by atoms with Gasteiger partial charge >= 0.3 is 6.09 Å². The number of aryl methyl sites for hydroxylation is 1. The largest absolute Gasteiger partial charge is 0.496 e. The van der Waals surface area contributed by atoms with Gasteiger partial charge in [-0.25, -0.2) is 4.79 Å². The van der Waals surface area contributed by atoms with Crippen LogP contribution in [0, 0.1) is 6.92 Å². The Bertz CT molecular complexity index is 625. The van der Waals surface area contributed by atoms with Crippen LogP contribution in [0.25, 0.3) is 10.9 Å². The molecule has 4 nitrogen and oxygen atoms in total. The Kier molecular flexibility index (Phi) is 3.10. The number of carboxylic acid groups (broad SMARTS) is 1. The number of aromatic nitrogens is 1. The average molecular weight is 245 g/mol. The Morgan fingerprint density at radius 3 is 2.89 bits per heavy atom. The van der Waals surface area contributed by atoms with E-state index in [4.69, 9.17) is 9.84 Å². The number of fused-ring (bicyclic) bond motifs is 1. The molecule has 0 bridgehead atoms. The lowest BCUT2D eigenvalue weighted by molar-refractivity contribution is 0.197. The number of hydrogen-bond acceptors (Lipinski definition) is 2. The number of nitrogens with zero attached hydrogens (tertiary/aromatic N) is 1. The molecule has 0 unspecified atom stereocenters. The molecule has 0 saturated carbocycles. The van der Waals surface area contributed by atoms with Crippen LogP contribution in [0.4, 0.5) is 4.79 Å². The van der Waals surface area contributed by atoms with Crippen LogP contribution in [0.1, 0.15) is 11.1 Å². The highest BCUT2D eigenvalue weighted by Gasteiger charge is 2.15. The van der Waals surface area contributed by atoms with Crippen molar-refractivity contribution in [3.63, 3.8) is 0 Å². The lowest BCUT2D eigenvalue weighted by atomic mass is 10.0. The van der Waals surface area contributed by atoms with Gasteiger partial charge in [-0.15, -0.1) is 6.58 Å². The smallest absolute Gasteiger partial charge is 0.416 e. The Morgan fingerprint density at radius 2 is 2.33 bits per heavy atom. The minimum absolute atomic E-state index is 0.642. The first-order valence-corrected chi connectivity index (χ1v) is 5.61. The first-order valence-electron chi connectivity index (χ1n) is 5.61. The van der Waals surface area contributed by atoms with Crippen molar-refractivity contribution in [3.05, 3.63) is 42.1 Å². The minimum Gasteiger partial charge on any atom is -0.496 e. The molecule has 0 fully saturated rings. The zero-order valence-corrected chi connectivity index (χ0v) is 10.4.